The fraction of sp³-hybridized carbons (Fsp3) is 0.647. The van der Waals surface area contributed by atoms with Crippen LogP contribution in [0.5, 0.6) is 0 Å². The molecule has 1 aliphatic carbocycles. The minimum absolute atomic E-state index is 0.0408. The van der Waals surface area contributed by atoms with Crippen LogP contribution < -0.4 is 5.32 Å². The van der Waals surface area contributed by atoms with Gasteiger partial charge in [-0.3, -0.25) is 0 Å². The van der Waals surface area contributed by atoms with Gasteiger partial charge in [-0.15, -0.1) is 0 Å². The van der Waals surface area contributed by atoms with Gasteiger partial charge in [-0.25, -0.2) is 4.39 Å². The Hall–Kier alpha value is -0.930. The molecular weight excluding hydrogens is 253 g/mol. The van der Waals surface area contributed by atoms with Gasteiger partial charge in [0.15, 0.2) is 0 Å². The summed E-state index contributed by atoms with van der Waals surface area (Å²) in [5.41, 5.74) is 2.42. The molecule has 20 heavy (non-hydrogen) atoms. The maximum absolute atomic E-state index is 13.5. The van der Waals surface area contributed by atoms with Gasteiger partial charge < -0.3 is 10.4 Å². The third kappa shape index (κ3) is 4.03. The van der Waals surface area contributed by atoms with Crippen molar-refractivity contribution >= 4 is 0 Å². The predicted octanol–water partition coefficient (Wildman–Crippen LogP) is 3.59. The zero-order valence-electron chi connectivity index (χ0n) is 12.7. The van der Waals surface area contributed by atoms with Crippen LogP contribution in [-0.4, -0.2) is 17.8 Å². The van der Waals surface area contributed by atoms with Gasteiger partial charge in [0.25, 0.3) is 0 Å². The second kappa shape index (κ2) is 6.23. The summed E-state index contributed by atoms with van der Waals surface area (Å²) in [5, 5.41) is 13.1. The monoisotopic (exact) mass is 279 g/mol. The van der Waals surface area contributed by atoms with Crippen LogP contribution in [0, 0.1) is 11.2 Å². The molecule has 1 aromatic carbocycles. The van der Waals surface area contributed by atoms with E-state index in [0.29, 0.717) is 0 Å². The molecule has 2 rings (SSSR count). The lowest BCUT2D eigenvalue weighted by Crippen LogP contribution is -2.35. The fourth-order valence-electron chi connectivity index (χ4n) is 3.25. The Morgan fingerprint density at radius 2 is 2.20 bits per heavy atom. The zero-order valence-corrected chi connectivity index (χ0v) is 12.7. The summed E-state index contributed by atoms with van der Waals surface area (Å²) in [4.78, 5) is 0. The molecule has 0 heterocycles. The summed E-state index contributed by atoms with van der Waals surface area (Å²) in [5.74, 6) is -0.152. The molecule has 0 aliphatic heterocycles. The molecule has 0 fully saturated rings. The number of hydrogen-bond acceptors (Lipinski definition) is 2. The molecular formula is C17H26FNO. The highest BCUT2D eigenvalue weighted by Crippen LogP contribution is 2.31. The first kappa shape index (κ1) is 15.5. The number of aliphatic hydroxyl groups is 1. The van der Waals surface area contributed by atoms with Crippen LogP contribution in [0.15, 0.2) is 18.2 Å². The molecule has 0 amide bonds. The minimum Gasteiger partial charge on any atom is -0.393 e. The standard InChI is InChI=1S/C17H26FNO/c1-12(20)10-17(2,3)11-19-16-6-4-5-13-7-8-14(18)9-15(13)16/h7-9,12,16,19-20H,4-6,10-11H2,1-3H3. The molecule has 0 aromatic heterocycles. The van der Waals surface area contributed by atoms with Crippen molar-refractivity contribution in [3.63, 3.8) is 0 Å². The van der Waals surface area contributed by atoms with E-state index < -0.39 is 0 Å². The molecule has 0 radical (unpaired) electrons. The van der Waals surface area contributed by atoms with Crippen LogP contribution in [0.3, 0.4) is 0 Å². The maximum atomic E-state index is 13.5. The van der Waals surface area contributed by atoms with Crippen LogP contribution >= 0.6 is 0 Å². The average molecular weight is 279 g/mol. The third-order valence-corrected chi connectivity index (χ3v) is 4.10. The van der Waals surface area contributed by atoms with E-state index in [0.717, 1.165) is 37.8 Å². The number of benzene rings is 1. The second-order valence-corrected chi connectivity index (χ2v) is 6.89. The Kier molecular flexibility index (Phi) is 4.82. The van der Waals surface area contributed by atoms with E-state index in [1.165, 1.54) is 5.56 Å². The molecule has 1 aromatic rings. The van der Waals surface area contributed by atoms with Gasteiger partial charge in [0.2, 0.25) is 0 Å². The van der Waals surface area contributed by atoms with E-state index in [4.69, 9.17) is 0 Å². The van der Waals surface area contributed by atoms with Crippen molar-refractivity contribution in [2.24, 2.45) is 5.41 Å². The van der Waals surface area contributed by atoms with Crippen LogP contribution in [0.25, 0.3) is 0 Å². The summed E-state index contributed by atoms with van der Waals surface area (Å²) in [6.45, 7) is 6.97. The number of fused-ring (bicyclic) bond motifs is 1. The van der Waals surface area contributed by atoms with Gasteiger partial charge in [0, 0.05) is 12.6 Å². The van der Waals surface area contributed by atoms with Crippen molar-refractivity contribution in [2.75, 3.05) is 6.54 Å². The summed E-state index contributed by atoms with van der Waals surface area (Å²) in [7, 11) is 0. The van der Waals surface area contributed by atoms with Gasteiger partial charge in [0.05, 0.1) is 6.10 Å². The van der Waals surface area contributed by atoms with Gasteiger partial charge >= 0.3 is 0 Å². The fourth-order valence-corrected chi connectivity index (χ4v) is 3.25. The number of aryl methyl sites for hydroxylation is 1. The van der Waals surface area contributed by atoms with E-state index in [2.05, 4.69) is 19.2 Å². The number of aliphatic hydroxyl groups excluding tert-OH is 1. The van der Waals surface area contributed by atoms with Gasteiger partial charge in [0.1, 0.15) is 5.82 Å². The van der Waals surface area contributed by atoms with Gasteiger partial charge in [-0.1, -0.05) is 19.9 Å². The van der Waals surface area contributed by atoms with Crippen molar-refractivity contribution < 1.29 is 9.50 Å². The second-order valence-electron chi connectivity index (χ2n) is 6.89. The normalized spacial score (nSPS) is 20.6. The highest BCUT2D eigenvalue weighted by Gasteiger charge is 2.25. The van der Waals surface area contributed by atoms with Crippen molar-refractivity contribution in [1.29, 1.82) is 0 Å². The Labute approximate surface area is 121 Å². The summed E-state index contributed by atoms with van der Waals surface area (Å²) >= 11 is 0. The smallest absolute Gasteiger partial charge is 0.123 e. The summed E-state index contributed by atoms with van der Waals surface area (Å²) < 4.78 is 13.5. The van der Waals surface area contributed by atoms with Crippen molar-refractivity contribution in [1.82, 2.24) is 5.32 Å². The third-order valence-electron chi connectivity index (χ3n) is 4.10. The molecule has 0 bridgehead atoms. The molecule has 2 unspecified atom stereocenters. The lowest BCUT2D eigenvalue weighted by molar-refractivity contribution is 0.126. The first-order valence-corrected chi connectivity index (χ1v) is 7.57. The van der Waals surface area contributed by atoms with Crippen LogP contribution in [0.4, 0.5) is 4.39 Å². The highest BCUT2D eigenvalue weighted by molar-refractivity contribution is 5.32. The number of hydrogen-bond donors (Lipinski definition) is 2. The van der Waals surface area contributed by atoms with Gasteiger partial charge in [-0.05, 0) is 61.3 Å². The Morgan fingerprint density at radius 3 is 2.90 bits per heavy atom. The molecule has 2 atom stereocenters. The summed E-state index contributed by atoms with van der Waals surface area (Å²) in [6.07, 6.45) is 3.73. The van der Waals surface area contributed by atoms with Crippen molar-refractivity contribution in [2.45, 2.75) is 58.6 Å². The largest absolute Gasteiger partial charge is 0.393 e. The number of rotatable bonds is 5. The minimum atomic E-state index is -0.289. The first-order chi connectivity index (χ1) is 9.37. The van der Waals surface area contributed by atoms with E-state index >= 15 is 0 Å². The molecule has 2 nitrogen and oxygen atoms in total. The molecule has 112 valence electrons. The quantitative estimate of drug-likeness (QED) is 0.863. The SMILES string of the molecule is CC(O)CC(C)(C)CNC1CCCc2ccc(F)cc21. The Morgan fingerprint density at radius 1 is 1.45 bits per heavy atom. The summed E-state index contributed by atoms with van der Waals surface area (Å²) in [6, 6.07) is 5.38. The number of nitrogens with one attached hydrogen (secondary N) is 1. The van der Waals surface area contributed by atoms with E-state index in [1.54, 1.807) is 12.1 Å². The molecule has 0 saturated heterocycles. The van der Waals surface area contributed by atoms with Crippen LogP contribution in [-0.2, 0) is 6.42 Å². The van der Waals surface area contributed by atoms with Crippen molar-refractivity contribution in [3.05, 3.63) is 35.1 Å². The first-order valence-electron chi connectivity index (χ1n) is 7.57. The van der Waals surface area contributed by atoms with E-state index in [1.807, 2.05) is 13.0 Å². The Balaban J connectivity index is 2.03. The molecule has 0 saturated carbocycles. The predicted molar refractivity (Wildman–Crippen MR) is 80.2 cm³/mol. The zero-order chi connectivity index (χ0) is 14.8. The topological polar surface area (TPSA) is 32.3 Å². The average Bonchev–Trinajstić information content (AvgIpc) is 2.35. The van der Waals surface area contributed by atoms with Crippen LogP contribution in [0.1, 0.15) is 57.2 Å². The Bertz CT molecular complexity index is 456. The van der Waals surface area contributed by atoms with Crippen molar-refractivity contribution in [3.8, 4) is 0 Å². The molecule has 2 N–H and O–H groups in total. The van der Waals surface area contributed by atoms with E-state index in [9.17, 15) is 9.50 Å². The lowest BCUT2D eigenvalue weighted by Gasteiger charge is -2.32. The lowest BCUT2D eigenvalue weighted by atomic mass is 9.84. The van der Waals surface area contributed by atoms with Gasteiger partial charge in [-0.2, -0.15) is 0 Å². The number of halogens is 1. The van der Waals surface area contributed by atoms with Crippen LogP contribution in [0.2, 0.25) is 0 Å². The maximum Gasteiger partial charge on any atom is 0.123 e. The molecule has 1 aliphatic rings. The highest BCUT2D eigenvalue weighted by atomic mass is 19.1. The molecule has 0 spiro atoms. The van der Waals surface area contributed by atoms with E-state index in [-0.39, 0.29) is 23.4 Å². The molecule has 3 heteroatoms.